The zero-order valence-corrected chi connectivity index (χ0v) is 15.3. The van der Waals surface area contributed by atoms with Crippen LogP contribution in [0, 0.1) is 12.7 Å². The Morgan fingerprint density at radius 3 is 2.47 bits per heavy atom. The van der Waals surface area contributed by atoms with Gasteiger partial charge in [0, 0.05) is 24.7 Å². The highest BCUT2D eigenvalue weighted by Crippen LogP contribution is 2.30. The van der Waals surface area contributed by atoms with Crippen molar-refractivity contribution in [1.82, 2.24) is 19.5 Å². The molecule has 0 aliphatic heterocycles. The van der Waals surface area contributed by atoms with Gasteiger partial charge in [-0.3, -0.25) is 4.57 Å². The van der Waals surface area contributed by atoms with Crippen molar-refractivity contribution in [2.45, 2.75) is 13.1 Å². The monoisotopic (exact) mass is 420 g/mol. The van der Waals surface area contributed by atoms with Crippen LogP contribution in [-0.2, 0) is 6.18 Å². The van der Waals surface area contributed by atoms with E-state index in [9.17, 15) is 22.8 Å². The third-order valence-corrected chi connectivity index (χ3v) is 4.23. The Bertz CT molecular complexity index is 1250. The van der Waals surface area contributed by atoms with Crippen LogP contribution in [-0.4, -0.2) is 24.7 Å². The van der Waals surface area contributed by atoms with E-state index in [1.807, 2.05) is 0 Å². The second kappa shape index (κ2) is 6.83. The molecular formula is C18H14F4N7O+. The maximum Gasteiger partial charge on any atom is 0.416 e. The van der Waals surface area contributed by atoms with E-state index < -0.39 is 17.6 Å². The molecule has 0 amide bonds. The minimum absolute atomic E-state index is 0.0132. The summed E-state index contributed by atoms with van der Waals surface area (Å²) < 4.78 is 54.0. The molecule has 0 radical (unpaired) electrons. The van der Waals surface area contributed by atoms with Gasteiger partial charge in [0.2, 0.25) is 11.8 Å². The first-order valence-electron chi connectivity index (χ1n) is 8.50. The van der Waals surface area contributed by atoms with Gasteiger partial charge in [0.05, 0.1) is 5.56 Å². The van der Waals surface area contributed by atoms with Gasteiger partial charge in [-0.15, -0.1) is 0 Å². The molecule has 154 valence electrons. The number of halogens is 4. The van der Waals surface area contributed by atoms with Gasteiger partial charge in [0.25, 0.3) is 0 Å². The normalized spacial score (nSPS) is 11.8. The zero-order valence-electron chi connectivity index (χ0n) is 15.3. The number of nitrogens with zero attached hydrogens (tertiary/aromatic N) is 5. The van der Waals surface area contributed by atoms with E-state index in [-0.39, 0.29) is 28.7 Å². The summed E-state index contributed by atoms with van der Waals surface area (Å²) in [4.78, 5) is 12.5. The van der Waals surface area contributed by atoms with Gasteiger partial charge in [-0.1, -0.05) is 0 Å². The maximum absolute atomic E-state index is 13.8. The van der Waals surface area contributed by atoms with Gasteiger partial charge < -0.3 is 16.3 Å². The highest BCUT2D eigenvalue weighted by molar-refractivity contribution is 5.71. The molecule has 0 bridgehead atoms. The fourth-order valence-electron chi connectivity index (χ4n) is 2.96. The third kappa shape index (κ3) is 3.54. The molecule has 12 heteroatoms. The summed E-state index contributed by atoms with van der Waals surface area (Å²) in [6.45, 7) is 1.62. The van der Waals surface area contributed by atoms with Gasteiger partial charge in [-0.05, 0) is 34.0 Å². The Kier molecular flexibility index (Phi) is 4.41. The summed E-state index contributed by atoms with van der Waals surface area (Å²) in [6, 6.07) is 6.90. The van der Waals surface area contributed by atoms with Gasteiger partial charge in [-0.2, -0.15) is 23.1 Å². The number of nitrogens with two attached hydrogens (primary N) is 1. The van der Waals surface area contributed by atoms with E-state index >= 15 is 0 Å². The second-order valence-corrected chi connectivity index (χ2v) is 6.38. The number of anilines is 3. The van der Waals surface area contributed by atoms with Crippen LogP contribution in [0.25, 0.3) is 17.0 Å². The minimum Gasteiger partial charge on any atom is -0.383 e. The average molecular weight is 420 g/mol. The zero-order chi connectivity index (χ0) is 21.6. The molecule has 0 aliphatic carbocycles. The highest BCUT2D eigenvalue weighted by atomic mass is 19.4. The van der Waals surface area contributed by atoms with Gasteiger partial charge >= 0.3 is 11.8 Å². The molecule has 0 unspecified atom stereocenters. The SMILES string of the molecule is Cc1nc2c(cc(F)c[n+]2O)n1-c1cc(N)nc(Nc2ccc(C(F)(F)F)cc2)n1. The smallest absolute Gasteiger partial charge is 0.383 e. The number of aryl methyl sites for hydroxylation is 1. The predicted octanol–water partition coefficient (Wildman–Crippen LogP) is 3.13. The number of fused-ring (bicyclic) bond motifs is 1. The van der Waals surface area contributed by atoms with Gasteiger partial charge in [-0.25, -0.2) is 4.39 Å². The fraction of sp³-hybridized carbons (Fsp3) is 0.111. The number of aromatic nitrogens is 5. The van der Waals surface area contributed by atoms with Gasteiger partial charge in [0.1, 0.15) is 11.6 Å². The molecule has 0 fully saturated rings. The summed E-state index contributed by atoms with van der Waals surface area (Å²) in [7, 11) is 0. The summed E-state index contributed by atoms with van der Waals surface area (Å²) in [5, 5.41) is 12.7. The van der Waals surface area contributed by atoms with E-state index in [1.54, 1.807) is 6.92 Å². The lowest BCUT2D eigenvalue weighted by molar-refractivity contribution is -0.886. The van der Waals surface area contributed by atoms with E-state index in [0.717, 1.165) is 18.3 Å². The lowest BCUT2D eigenvalue weighted by Gasteiger charge is -2.10. The van der Waals surface area contributed by atoms with Crippen LogP contribution in [0.3, 0.4) is 0 Å². The number of rotatable bonds is 3. The molecule has 3 aromatic heterocycles. The predicted molar refractivity (Wildman–Crippen MR) is 97.9 cm³/mol. The van der Waals surface area contributed by atoms with Crippen molar-refractivity contribution >= 4 is 28.6 Å². The molecule has 0 saturated carbocycles. The number of pyridine rings is 1. The lowest BCUT2D eigenvalue weighted by Crippen LogP contribution is -2.31. The largest absolute Gasteiger partial charge is 0.416 e. The average Bonchev–Trinajstić information content (AvgIpc) is 2.97. The number of hydrogen-bond donors (Lipinski definition) is 3. The molecule has 1 aromatic carbocycles. The van der Waals surface area contributed by atoms with E-state index in [1.165, 1.54) is 28.8 Å². The number of imidazole rings is 1. The summed E-state index contributed by atoms with van der Waals surface area (Å²) >= 11 is 0. The first-order valence-corrected chi connectivity index (χ1v) is 8.50. The van der Waals surface area contributed by atoms with E-state index in [4.69, 9.17) is 5.73 Å². The van der Waals surface area contributed by atoms with Crippen molar-refractivity contribution in [2.75, 3.05) is 11.1 Å². The van der Waals surface area contributed by atoms with Crippen LogP contribution in [0.15, 0.2) is 42.6 Å². The number of benzene rings is 1. The third-order valence-electron chi connectivity index (χ3n) is 4.23. The first kappa shape index (κ1) is 19.4. The Morgan fingerprint density at radius 1 is 1.10 bits per heavy atom. The number of alkyl halides is 3. The molecule has 4 aromatic rings. The lowest BCUT2D eigenvalue weighted by atomic mass is 10.2. The van der Waals surface area contributed by atoms with Crippen LogP contribution in [0.5, 0.6) is 0 Å². The van der Waals surface area contributed by atoms with Gasteiger partial charge in [0.15, 0.2) is 17.5 Å². The molecule has 8 nitrogen and oxygen atoms in total. The van der Waals surface area contributed by atoms with Crippen molar-refractivity contribution in [3.05, 3.63) is 59.8 Å². The standard InChI is InChI=1S/C18H14F4N7O/c1-9-24-16-13(6-11(19)8-28(16)30)29(9)15-7-14(23)26-17(27-15)25-12-4-2-10(3-5-12)18(20,21)22/h2-8,30H,1H3,(H3,23,25,26,27)/q+1. The van der Waals surface area contributed by atoms with Crippen molar-refractivity contribution in [1.29, 1.82) is 0 Å². The molecule has 4 N–H and O–H groups in total. The van der Waals surface area contributed by atoms with Crippen LogP contribution < -0.4 is 15.8 Å². The van der Waals surface area contributed by atoms with Crippen molar-refractivity contribution in [2.24, 2.45) is 0 Å². The number of hydrogen-bond acceptors (Lipinski definition) is 6. The van der Waals surface area contributed by atoms with Crippen LogP contribution in [0.4, 0.5) is 35.0 Å². The Morgan fingerprint density at radius 2 is 1.80 bits per heavy atom. The number of nitrogen functional groups attached to an aromatic ring is 1. The van der Waals surface area contributed by atoms with E-state index in [2.05, 4.69) is 20.3 Å². The topological polar surface area (TPSA) is 106 Å². The van der Waals surface area contributed by atoms with Crippen LogP contribution >= 0.6 is 0 Å². The quantitative estimate of drug-likeness (QED) is 0.267. The maximum atomic E-state index is 13.8. The number of nitrogens with one attached hydrogen (secondary N) is 1. The first-order chi connectivity index (χ1) is 14.1. The molecular weight excluding hydrogens is 406 g/mol. The van der Waals surface area contributed by atoms with Crippen molar-refractivity contribution < 1.29 is 27.5 Å². The summed E-state index contributed by atoms with van der Waals surface area (Å²) in [6.07, 6.45) is -3.58. The summed E-state index contributed by atoms with van der Waals surface area (Å²) in [5.41, 5.74) is 5.70. The molecule has 0 spiro atoms. The van der Waals surface area contributed by atoms with Crippen LogP contribution in [0.1, 0.15) is 11.4 Å². The molecule has 0 aliphatic rings. The fourth-order valence-corrected chi connectivity index (χ4v) is 2.96. The molecule has 30 heavy (non-hydrogen) atoms. The van der Waals surface area contributed by atoms with Crippen molar-refractivity contribution in [3.63, 3.8) is 0 Å². The highest BCUT2D eigenvalue weighted by Gasteiger charge is 2.30. The van der Waals surface area contributed by atoms with Crippen molar-refractivity contribution in [3.8, 4) is 5.82 Å². The molecule has 3 heterocycles. The molecule has 0 saturated heterocycles. The van der Waals surface area contributed by atoms with E-state index in [0.29, 0.717) is 16.2 Å². The minimum atomic E-state index is -4.45. The Balaban J connectivity index is 1.75. The Labute approximate surface area is 166 Å². The van der Waals surface area contributed by atoms with Crippen LogP contribution in [0.2, 0.25) is 0 Å². The summed E-state index contributed by atoms with van der Waals surface area (Å²) in [5.74, 6) is -0.0148. The molecule has 0 atom stereocenters. The Hall–Kier alpha value is -3.96. The second-order valence-electron chi connectivity index (χ2n) is 6.38. The molecule has 4 rings (SSSR count).